The van der Waals surface area contributed by atoms with E-state index in [9.17, 15) is 0 Å². The maximum atomic E-state index is 6.10. The smallest absolute Gasteiger partial charge is 0.161 e. The van der Waals surface area contributed by atoms with Crippen molar-refractivity contribution in [1.82, 2.24) is 14.4 Å². The van der Waals surface area contributed by atoms with Crippen molar-refractivity contribution in [3.05, 3.63) is 83.0 Å². The molecule has 130 valence electrons. The fraction of sp³-hybridized carbons (Fsp3) is 0.100. The summed E-state index contributed by atoms with van der Waals surface area (Å²) in [6, 6.07) is 16.4. The lowest BCUT2D eigenvalue weighted by Gasteiger charge is -2.16. The molecule has 0 fully saturated rings. The van der Waals surface area contributed by atoms with Gasteiger partial charge in [0.15, 0.2) is 5.65 Å². The number of nitrogens with zero attached hydrogens (tertiary/aromatic N) is 3. The summed E-state index contributed by atoms with van der Waals surface area (Å²) in [5.41, 5.74) is 12.2. The summed E-state index contributed by atoms with van der Waals surface area (Å²) in [6.07, 6.45) is 5.44. The van der Waals surface area contributed by atoms with Crippen LogP contribution >= 0.6 is 15.9 Å². The topological polar surface area (TPSA) is 68.2 Å². The van der Waals surface area contributed by atoms with Gasteiger partial charge in [0.05, 0.1) is 11.9 Å². The van der Waals surface area contributed by atoms with Gasteiger partial charge in [0.25, 0.3) is 0 Å². The second-order valence-electron chi connectivity index (χ2n) is 5.94. The molecule has 26 heavy (non-hydrogen) atoms. The van der Waals surface area contributed by atoms with Crippen LogP contribution in [0.4, 0.5) is 5.69 Å². The number of hydrogen-bond acceptors (Lipinski definition) is 4. The van der Waals surface area contributed by atoms with Gasteiger partial charge in [-0.25, -0.2) is 4.98 Å². The van der Waals surface area contributed by atoms with Crippen LogP contribution in [0.25, 0.3) is 16.8 Å². The highest BCUT2D eigenvalue weighted by molar-refractivity contribution is 9.10. The van der Waals surface area contributed by atoms with Gasteiger partial charge in [-0.1, -0.05) is 36.4 Å². The highest BCUT2D eigenvalue weighted by atomic mass is 79.9. The minimum Gasteiger partial charge on any atom is -0.378 e. The zero-order valence-corrected chi connectivity index (χ0v) is 15.6. The minimum absolute atomic E-state index is 0.415. The number of imidazole rings is 1. The van der Waals surface area contributed by atoms with E-state index in [0.717, 1.165) is 38.3 Å². The van der Waals surface area contributed by atoms with Crippen LogP contribution in [0.2, 0.25) is 0 Å². The second-order valence-corrected chi connectivity index (χ2v) is 6.76. The van der Waals surface area contributed by atoms with Crippen molar-refractivity contribution in [3.8, 4) is 11.1 Å². The molecule has 5 nitrogen and oxygen atoms in total. The first kappa shape index (κ1) is 16.8. The molecule has 0 unspecified atom stereocenters. The Kier molecular flexibility index (Phi) is 4.69. The molecule has 0 atom stereocenters. The molecule has 3 N–H and O–H groups in total. The molecular formula is C20H18BrN5. The van der Waals surface area contributed by atoms with Crippen LogP contribution in [0, 0.1) is 0 Å². The van der Waals surface area contributed by atoms with Crippen molar-refractivity contribution in [2.24, 2.45) is 5.73 Å². The Labute approximate surface area is 160 Å². The predicted octanol–water partition coefficient (Wildman–Crippen LogP) is 4.23. The van der Waals surface area contributed by atoms with E-state index in [2.05, 4.69) is 53.8 Å². The summed E-state index contributed by atoms with van der Waals surface area (Å²) in [4.78, 5) is 8.73. The van der Waals surface area contributed by atoms with Crippen molar-refractivity contribution in [2.45, 2.75) is 13.1 Å². The van der Waals surface area contributed by atoms with E-state index >= 15 is 0 Å². The Hall–Kier alpha value is -2.70. The minimum atomic E-state index is 0.415. The summed E-state index contributed by atoms with van der Waals surface area (Å²) in [6.45, 7) is 1.09. The Morgan fingerprint density at radius 1 is 1.08 bits per heavy atom. The Bertz CT molecular complexity index is 1030. The van der Waals surface area contributed by atoms with Crippen molar-refractivity contribution in [2.75, 3.05) is 5.32 Å². The molecule has 0 aliphatic heterocycles. The van der Waals surface area contributed by atoms with Gasteiger partial charge in [-0.15, -0.1) is 0 Å². The number of hydrogen-bond donors (Lipinski definition) is 2. The van der Waals surface area contributed by atoms with E-state index in [-0.39, 0.29) is 0 Å². The van der Waals surface area contributed by atoms with E-state index < -0.39 is 0 Å². The lowest BCUT2D eigenvalue weighted by Crippen LogP contribution is -2.10. The average Bonchev–Trinajstić information content (AvgIpc) is 3.09. The van der Waals surface area contributed by atoms with Gasteiger partial charge in [0.2, 0.25) is 0 Å². The van der Waals surface area contributed by atoms with E-state index in [1.165, 1.54) is 0 Å². The molecule has 6 heteroatoms. The maximum Gasteiger partial charge on any atom is 0.161 e. The number of fused-ring (bicyclic) bond motifs is 1. The van der Waals surface area contributed by atoms with Gasteiger partial charge in [-0.05, 0) is 39.2 Å². The van der Waals surface area contributed by atoms with Gasteiger partial charge in [0.1, 0.15) is 4.60 Å². The molecule has 1 aromatic carbocycles. The van der Waals surface area contributed by atoms with E-state index in [4.69, 9.17) is 5.73 Å². The first-order valence-corrected chi connectivity index (χ1v) is 9.14. The molecule has 3 aromatic heterocycles. The molecule has 0 amide bonds. The van der Waals surface area contributed by atoms with Crippen molar-refractivity contribution >= 4 is 27.3 Å². The number of pyridine rings is 2. The van der Waals surface area contributed by atoms with E-state index in [0.29, 0.717) is 13.1 Å². The summed E-state index contributed by atoms with van der Waals surface area (Å²) < 4.78 is 2.95. The quantitative estimate of drug-likeness (QED) is 0.519. The summed E-state index contributed by atoms with van der Waals surface area (Å²) in [7, 11) is 0. The summed E-state index contributed by atoms with van der Waals surface area (Å²) in [5.74, 6) is 0. The molecule has 0 aliphatic carbocycles. The van der Waals surface area contributed by atoms with Gasteiger partial charge in [0, 0.05) is 36.7 Å². The lowest BCUT2D eigenvalue weighted by atomic mass is 10.0. The van der Waals surface area contributed by atoms with Crippen LogP contribution < -0.4 is 11.1 Å². The van der Waals surface area contributed by atoms with Crippen LogP contribution in [0.3, 0.4) is 0 Å². The highest BCUT2D eigenvalue weighted by Crippen LogP contribution is 2.32. The van der Waals surface area contributed by atoms with E-state index in [1.807, 2.05) is 36.5 Å². The number of nitrogens with two attached hydrogens (primary N) is 1. The van der Waals surface area contributed by atoms with Crippen molar-refractivity contribution < 1.29 is 0 Å². The third-order valence-electron chi connectivity index (χ3n) is 4.31. The largest absolute Gasteiger partial charge is 0.378 e. The fourth-order valence-corrected chi connectivity index (χ4v) is 3.57. The SMILES string of the molecule is NCc1c(-c2ccccc2)cc(NCc2cccnc2)c2ncc(Br)n12. The molecule has 4 aromatic rings. The van der Waals surface area contributed by atoms with Crippen LogP contribution in [-0.4, -0.2) is 14.4 Å². The van der Waals surface area contributed by atoms with Crippen LogP contribution in [0.15, 0.2) is 71.7 Å². The fourth-order valence-electron chi connectivity index (χ4n) is 3.09. The predicted molar refractivity (Wildman–Crippen MR) is 108 cm³/mol. The monoisotopic (exact) mass is 407 g/mol. The Morgan fingerprint density at radius 3 is 2.65 bits per heavy atom. The van der Waals surface area contributed by atoms with E-state index in [1.54, 1.807) is 12.4 Å². The highest BCUT2D eigenvalue weighted by Gasteiger charge is 2.16. The normalized spacial score (nSPS) is 11.0. The first-order valence-electron chi connectivity index (χ1n) is 8.35. The zero-order valence-electron chi connectivity index (χ0n) is 14.1. The molecular weight excluding hydrogens is 390 g/mol. The second kappa shape index (κ2) is 7.27. The zero-order chi connectivity index (χ0) is 17.9. The number of benzene rings is 1. The molecule has 0 bridgehead atoms. The molecule has 0 spiro atoms. The van der Waals surface area contributed by atoms with Gasteiger partial charge in [-0.2, -0.15) is 0 Å². The third kappa shape index (κ3) is 3.09. The molecule has 0 aliphatic rings. The van der Waals surface area contributed by atoms with Gasteiger partial charge in [-0.3, -0.25) is 9.38 Å². The van der Waals surface area contributed by atoms with Crippen LogP contribution in [-0.2, 0) is 13.1 Å². The molecule has 3 heterocycles. The van der Waals surface area contributed by atoms with Gasteiger partial charge < -0.3 is 11.1 Å². The standard InChI is InChI=1S/C20H18BrN5/c21-19-13-25-20-17(24-12-14-5-4-8-23-11-14)9-16(18(10-22)26(19)20)15-6-2-1-3-7-15/h1-9,11,13,24H,10,12,22H2. The molecule has 0 saturated heterocycles. The number of anilines is 1. The molecule has 4 rings (SSSR count). The Balaban J connectivity index is 1.84. The van der Waals surface area contributed by atoms with Crippen molar-refractivity contribution in [1.29, 1.82) is 0 Å². The number of rotatable bonds is 5. The molecule has 0 saturated carbocycles. The number of aromatic nitrogens is 3. The average molecular weight is 408 g/mol. The third-order valence-corrected chi connectivity index (χ3v) is 4.87. The first-order chi connectivity index (χ1) is 12.8. The number of halogens is 1. The van der Waals surface area contributed by atoms with Crippen LogP contribution in [0.5, 0.6) is 0 Å². The number of nitrogens with one attached hydrogen (secondary N) is 1. The van der Waals surface area contributed by atoms with Crippen molar-refractivity contribution in [3.63, 3.8) is 0 Å². The van der Waals surface area contributed by atoms with Gasteiger partial charge >= 0.3 is 0 Å². The molecule has 0 radical (unpaired) electrons. The van der Waals surface area contributed by atoms with Crippen LogP contribution in [0.1, 0.15) is 11.3 Å². The lowest BCUT2D eigenvalue weighted by molar-refractivity contribution is 0.936. The summed E-state index contributed by atoms with van der Waals surface area (Å²) >= 11 is 3.60. The maximum absolute atomic E-state index is 6.10. The Morgan fingerprint density at radius 2 is 1.92 bits per heavy atom. The summed E-state index contributed by atoms with van der Waals surface area (Å²) in [5, 5.41) is 3.49.